The number of hydrogen-bond donors (Lipinski definition) is 0. The Balaban J connectivity index is 2.59. The van der Waals surface area contributed by atoms with Crippen LogP contribution in [-0.4, -0.2) is 24.4 Å². The van der Waals surface area contributed by atoms with Gasteiger partial charge < -0.3 is 9.47 Å². The summed E-state index contributed by atoms with van der Waals surface area (Å²) in [5.74, 6) is -1.45. The molecule has 0 spiro atoms. The molecule has 126 valence electrons. The lowest BCUT2D eigenvalue weighted by atomic mass is 10.00. The zero-order valence-corrected chi connectivity index (χ0v) is 12.2. The van der Waals surface area contributed by atoms with E-state index >= 15 is 0 Å². The van der Waals surface area contributed by atoms with Gasteiger partial charge in [-0.2, -0.15) is 0 Å². The number of alkyl halides is 3. The molecule has 0 unspecified atom stereocenters. The van der Waals surface area contributed by atoms with E-state index in [1.54, 1.807) is 0 Å². The SMILES string of the molecule is COC(=O)c1cccc(-c2cccc(OC(F)(F)F)c2)c1[N+](=O)[O-]. The summed E-state index contributed by atoms with van der Waals surface area (Å²) >= 11 is 0. The smallest absolute Gasteiger partial charge is 0.465 e. The highest BCUT2D eigenvalue weighted by Crippen LogP contribution is 2.35. The van der Waals surface area contributed by atoms with E-state index in [0.29, 0.717) is 0 Å². The second-order valence-electron chi connectivity index (χ2n) is 4.53. The summed E-state index contributed by atoms with van der Waals surface area (Å²) in [5, 5.41) is 11.3. The number of nitro groups is 1. The fourth-order valence-corrected chi connectivity index (χ4v) is 2.11. The van der Waals surface area contributed by atoms with Crippen LogP contribution in [0.2, 0.25) is 0 Å². The summed E-state index contributed by atoms with van der Waals surface area (Å²) in [7, 11) is 1.07. The highest BCUT2D eigenvalue weighted by Gasteiger charge is 2.31. The number of methoxy groups -OCH3 is 1. The lowest BCUT2D eigenvalue weighted by molar-refractivity contribution is -0.384. The first kappa shape index (κ1) is 17.3. The Morgan fingerprint density at radius 3 is 2.42 bits per heavy atom. The van der Waals surface area contributed by atoms with E-state index in [1.807, 2.05) is 0 Å². The lowest BCUT2D eigenvalue weighted by Crippen LogP contribution is -2.17. The third-order valence-electron chi connectivity index (χ3n) is 3.00. The summed E-state index contributed by atoms with van der Waals surface area (Å²) < 4.78 is 45.2. The Labute approximate surface area is 133 Å². The van der Waals surface area contributed by atoms with Gasteiger partial charge in [0.1, 0.15) is 11.3 Å². The standard InChI is InChI=1S/C15H10F3NO5/c1-23-14(20)12-7-3-6-11(13(12)19(21)22)9-4-2-5-10(8-9)24-15(16,17)18/h2-8H,1H3. The molecule has 0 amide bonds. The van der Waals surface area contributed by atoms with Gasteiger partial charge in [0, 0.05) is 0 Å². The quantitative estimate of drug-likeness (QED) is 0.478. The van der Waals surface area contributed by atoms with Crippen molar-refractivity contribution in [1.82, 2.24) is 0 Å². The molecular weight excluding hydrogens is 331 g/mol. The van der Waals surface area contributed by atoms with E-state index in [9.17, 15) is 28.1 Å². The van der Waals surface area contributed by atoms with Gasteiger partial charge in [-0.3, -0.25) is 10.1 Å². The van der Waals surface area contributed by atoms with Gasteiger partial charge in [0.15, 0.2) is 0 Å². The number of halogens is 3. The molecule has 0 saturated heterocycles. The first-order valence-corrected chi connectivity index (χ1v) is 6.45. The summed E-state index contributed by atoms with van der Waals surface area (Å²) in [6, 6.07) is 8.56. The van der Waals surface area contributed by atoms with Gasteiger partial charge in [0.25, 0.3) is 5.69 Å². The first-order chi connectivity index (χ1) is 11.2. The number of para-hydroxylation sites is 1. The average Bonchev–Trinajstić information content (AvgIpc) is 2.51. The van der Waals surface area contributed by atoms with Crippen molar-refractivity contribution in [3.05, 3.63) is 58.1 Å². The second kappa shape index (κ2) is 6.57. The molecule has 0 aliphatic heterocycles. The Morgan fingerprint density at radius 1 is 1.17 bits per heavy atom. The Hall–Kier alpha value is -3.10. The van der Waals surface area contributed by atoms with Crippen molar-refractivity contribution in [3.8, 4) is 16.9 Å². The zero-order chi connectivity index (χ0) is 17.9. The van der Waals surface area contributed by atoms with E-state index in [-0.39, 0.29) is 16.7 Å². The number of esters is 1. The van der Waals surface area contributed by atoms with Crippen LogP contribution in [-0.2, 0) is 4.74 Å². The van der Waals surface area contributed by atoms with Crippen molar-refractivity contribution in [2.45, 2.75) is 6.36 Å². The maximum absolute atomic E-state index is 12.3. The van der Waals surface area contributed by atoms with E-state index in [1.165, 1.54) is 30.3 Å². The summed E-state index contributed by atoms with van der Waals surface area (Å²) in [6.45, 7) is 0. The predicted molar refractivity (Wildman–Crippen MR) is 76.6 cm³/mol. The predicted octanol–water partition coefficient (Wildman–Crippen LogP) is 3.95. The normalized spacial score (nSPS) is 11.0. The number of hydrogen-bond acceptors (Lipinski definition) is 5. The van der Waals surface area contributed by atoms with Crippen LogP contribution in [0.15, 0.2) is 42.5 Å². The Morgan fingerprint density at radius 2 is 1.83 bits per heavy atom. The third-order valence-corrected chi connectivity index (χ3v) is 3.00. The van der Waals surface area contributed by atoms with Crippen LogP contribution in [0.3, 0.4) is 0 Å². The van der Waals surface area contributed by atoms with Crippen molar-refractivity contribution < 1.29 is 32.4 Å². The molecule has 24 heavy (non-hydrogen) atoms. The largest absolute Gasteiger partial charge is 0.573 e. The summed E-state index contributed by atoms with van der Waals surface area (Å²) in [4.78, 5) is 22.2. The minimum Gasteiger partial charge on any atom is -0.465 e. The van der Waals surface area contributed by atoms with Gasteiger partial charge in [-0.05, 0) is 29.8 Å². The number of carbonyl (C=O) groups is 1. The monoisotopic (exact) mass is 341 g/mol. The minimum absolute atomic E-state index is 0.0319. The van der Waals surface area contributed by atoms with Gasteiger partial charge in [-0.1, -0.05) is 18.2 Å². The maximum Gasteiger partial charge on any atom is 0.573 e. The van der Waals surface area contributed by atoms with Crippen LogP contribution >= 0.6 is 0 Å². The molecule has 2 aromatic rings. The average molecular weight is 341 g/mol. The van der Waals surface area contributed by atoms with Crippen molar-refractivity contribution in [1.29, 1.82) is 0 Å². The number of ether oxygens (including phenoxy) is 2. The topological polar surface area (TPSA) is 78.7 Å². The zero-order valence-electron chi connectivity index (χ0n) is 12.2. The second-order valence-corrected chi connectivity index (χ2v) is 4.53. The molecule has 0 aliphatic carbocycles. The van der Waals surface area contributed by atoms with Crippen molar-refractivity contribution >= 4 is 11.7 Å². The molecule has 0 aromatic heterocycles. The highest BCUT2D eigenvalue weighted by molar-refractivity contribution is 5.97. The van der Waals surface area contributed by atoms with Crippen LogP contribution in [0, 0.1) is 10.1 Å². The molecule has 0 heterocycles. The van der Waals surface area contributed by atoms with Gasteiger partial charge in [0.05, 0.1) is 17.6 Å². The Bertz CT molecular complexity index is 789. The number of rotatable bonds is 4. The molecule has 9 heteroatoms. The first-order valence-electron chi connectivity index (χ1n) is 6.45. The third kappa shape index (κ3) is 3.80. The molecule has 0 fully saturated rings. The molecule has 6 nitrogen and oxygen atoms in total. The van der Waals surface area contributed by atoms with Gasteiger partial charge in [0.2, 0.25) is 0 Å². The van der Waals surface area contributed by atoms with Crippen LogP contribution in [0.4, 0.5) is 18.9 Å². The van der Waals surface area contributed by atoms with E-state index < -0.39 is 28.7 Å². The minimum atomic E-state index is -4.89. The van der Waals surface area contributed by atoms with Gasteiger partial charge in [-0.25, -0.2) is 4.79 Å². The maximum atomic E-state index is 12.3. The van der Waals surface area contributed by atoms with Crippen molar-refractivity contribution in [2.75, 3.05) is 7.11 Å². The molecule has 0 bridgehead atoms. The highest BCUT2D eigenvalue weighted by atomic mass is 19.4. The van der Waals surface area contributed by atoms with Gasteiger partial charge in [-0.15, -0.1) is 13.2 Å². The lowest BCUT2D eigenvalue weighted by Gasteiger charge is -2.11. The number of benzene rings is 2. The van der Waals surface area contributed by atoms with Crippen LogP contribution in [0.5, 0.6) is 5.75 Å². The van der Waals surface area contributed by atoms with E-state index in [2.05, 4.69) is 9.47 Å². The fraction of sp³-hybridized carbons (Fsp3) is 0.133. The van der Waals surface area contributed by atoms with Crippen LogP contribution in [0.1, 0.15) is 10.4 Å². The number of carbonyl (C=O) groups excluding carboxylic acids is 1. The summed E-state index contributed by atoms with van der Waals surface area (Å²) in [6.07, 6.45) is -4.89. The van der Waals surface area contributed by atoms with Crippen molar-refractivity contribution in [2.24, 2.45) is 0 Å². The fourth-order valence-electron chi connectivity index (χ4n) is 2.11. The number of nitrogens with zero attached hydrogens (tertiary/aromatic N) is 1. The molecule has 2 rings (SSSR count). The van der Waals surface area contributed by atoms with Crippen LogP contribution < -0.4 is 4.74 Å². The molecule has 2 aromatic carbocycles. The van der Waals surface area contributed by atoms with Gasteiger partial charge >= 0.3 is 12.3 Å². The van der Waals surface area contributed by atoms with E-state index in [0.717, 1.165) is 19.2 Å². The molecule has 0 N–H and O–H groups in total. The summed E-state index contributed by atoms with van der Waals surface area (Å²) in [5.41, 5.74) is -0.805. The number of nitro benzene ring substituents is 1. The molecule has 0 atom stereocenters. The van der Waals surface area contributed by atoms with Crippen LogP contribution in [0.25, 0.3) is 11.1 Å². The molecule has 0 radical (unpaired) electrons. The molecular formula is C15H10F3NO5. The van der Waals surface area contributed by atoms with E-state index in [4.69, 9.17) is 0 Å². The molecule has 0 aliphatic rings. The molecule has 0 saturated carbocycles. The Kier molecular flexibility index (Phi) is 4.72. The van der Waals surface area contributed by atoms with Crippen molar-refractivity contribution in [3.63, 3.8) is 0 Å².